The Hall–Kier alpha value is -3.36. The molecule has 0 aliphatic heterocycles. The van der Waals surface area contributed by atoms with Crippen LogP contribution in [0.15, 0.2) is 96.1 Å². The van der Waals surface area contributed by atoms with E-state index in [1.165, 1.54) is 22.3 Å². The molecule has 1 fully saturated rings. The summed E-state index contributed by atoms with van der Waals surface area (Å²) >= 11 is 0. The summed E-state index contributed by atoms with van der Waals surface area (Å²) in [7, 11) is 0. The van der Waals surface area contributed by atoms with Crippen molar-refractivity contribution in [2.45, 2.75) is 31.1 Å². The molecular weight excluding hydrogens is 364 g/mol. The highest BCUT2D eigenvalue weighted by atomic mass is 14.7. The van der Waals surface area contributed by atoms with Crippen molar-refractivity contribution >= 4 is 0 Å². The minimum absolute atomic E-state index is 0.107. The summed E-state index contributed by atoms with van der Waals surface area (Å²) in [6.45, 7) is 0. The molecule has 0 aromatic heterocycles. The van der Waals surface area contributed by atoms with E-state index in [-0.39, 0.29) is 11.8 Å². The minimum atomic E-state index is -0.671. The Morgan fingerprint density at radius 3 is 2.07 bits per heavy atom. The second-order valence-corrected chi connectivity index (χ2v) is 9.19. The zero-order chi connectivity index (χ0) is 20.4. The zero-order valence-electron chi connectivity index (χ0n) is 16.8. The van der Waals surface area contributed by atoms with Gasteiger partial charge in [-0.1, -0.05) is 90.5 Å². The van der Waals surface area contributed by atoms with Gasteiger partial charge in [-0.25, -0.2) is 0 Å². The lowest BCUT2D eigenvalue weighted by molar-refractivity contribution is 0.0337. The van der Waals surface area contributed by atoms with Gasteiger partial charge in [-0.05, 0) is 36.0 Å². The molecule has 0 saturated heterocycles. The normalized spacial score (nSPS) is 37.5. The number of rotatable bonds is 2. The fourth-order valence-corrected chi connectivity index (χ4v) is 6.92. The molecule has 0 radical (unpaired) electrons. The maximum atomic E-state index is 10.6. The molecule has 1 saturated carbocycles. The van der Waals surface area contributed by atoms with Crippen LogP contribution < -0.4 is 0 Å². The van der Waals surface area contributed by atoms with Crippen molar-refractivity contribution < 1.29 is 0 Å². The first-order valence-corrected chi connectivity index (χ1v) is 10.7. The van der Waals surface area contributed by atoms with Crippen molar-refractivity contribution in [3.8, 4) is 12.1 Å². The molecule has 2 aromatic carbocycles. The molecule has 2 heteroatoms. The van der Waals surface area contributed by atoms with Gasteiger partial charge >= 0.3 is 0 Å². The first-order valence-electron chi connectivity index (χ1n) is 10.7. The molecule has 0 amide bonds. The van der Waals surface area contributed by atoms with Crippen molar-refractivity contribution in [2.75, 3.05) is 0 Å². The lowest BCUT2D eigenvalue weighted by atomic mass is 9.35. The zero-order valence-corrected chi connectivity index (χ0v) is 16.8. The van der Waals surface area contributed by atoms with Gasteiger partial charge in [-0.15, -0.1) is 0 Å². The number of hydrogen-bond donors (Lipinski definition) is 0. The first kappa shape index (κ1) is 17.5. The summed E-state index contributed by atoms with van der Waals surface area (Å²) < 4.78 is 0. The fraction of sp³-hybridized carbons (Fsp3) is 0.286. The van der Waals surface area contributed by atoms with Gasteiger partial charge in [0, 0.05) is 17.3 Å². The van der Waals surface area contributed by atoms with E-state index in [0.29, 0.717) is 0 Å². The van der Waals surface area contributed by atoms with Crippen LogP contribution in [0.25, 0.3) is 0 Å². The van der Waals surface area contributed by atoms with Gasteiger partial charge in [-0.2, -0.15) is 10.5 Å². The molecule has 30 heavy (non-hydrogen) atoms. The molecule has 4 aliphatic carbocycles. The van der Waals surface area contributed by atoms with Crippen LogP contribution in [0.5, 0.6) is 0 Å². The molecule has 1 spiro atoms. The highest BCUT2D eigenvalue weighted by molar-refractivity contribution is 5.64. The lowest BCUT2D eigenvalue weighted by Crippen LogP contribution is -2.60. The Balaban J connectivity index is 1.61. The van der Waals surface area contributed by atoms with Crippen LogP contribution in [0.1, 0.15) is 42.2 Å². The van der Waals surface area contributed by atoms with Gasteiger partial charge in [0.2, 0.25) is 0 Å². The molecule has 5 atom stereocenters. The van der Waals surface area contributed by atoms with Crippen LogP contribution in [0.4, 0.5) is 0 Å². The Morgan fingerprint density at radius 2 is 1.43 bits per heavy atom. The molecule has 2 nitrogen and oxygen atoms in total. The maximum absolute atomic E-state index is 10.6. The summed E-state index contributed by atoms with van der Waals surface area (Å²) in [5.41, 5.74) is 3.45. The molecule has 144 valence electrons. The van der Waals surface area contributed by atoms with E-state index >= 15 is 0 Å². The van der Waals surface area contributed by atoms with E-state index in [2.05, 4.69) is 85.0 Å². The molecule has 0 heterocycles. The number of nitrogens with zero attached hydrogens (tertiary/aromatic N) is 2. The largest absolute Gasteiger partial charge is 0.197 e. The van der Waals surface area contributed by atoms with E-state index in [0.717, 1.165) is 19.3 Å². The average Bonchev–Trinajstić information content (AvgIpc) is 3.15. The van der Waals surface area contributed by atoms with Crippen molar-refractivity contribution in [2.24, 2.45) is 16.2 Å². The van der Waals surface area contributed by atoms with Crippen molar-refractivity contribution in [3.05, 3.63) is 107 Å². The minimum Gasteiger partial charge on any atom is -0.197 e. The molecule has 4 aliphatic rings. The predicted molar refractivity (Wildman–Crippen MR) is 116 cm³/mol. The van der Waals surface area contributed by atoms with Crippen molar-refractivity contribution in [3.63, 3.8) is 0 Å². The van der Waals surface area contributed by atoms with Crippen LogP contribution in [-0.2, 0) is 0 Å². The summed E-state index contributed by atoms with van der Waals surface area (Å²) in [5, 5.41) is 21.0. The number of hydrogen-bond acceptors (Lipinski definition) is 2. The van der Waals surface area contributed by atoms with Crippen LogP contribution in [0, 0.1) is 38.9 Å². The quantitative estimate of drug-likeness (QED) is 0.577. The number of allylic oxidation sites excluding steroid dienone is 6. The van der Waals surface area contributed by atoms with Gasteiger partial charge in [-0.3, -0.25) is 0 Å². The summed E-state index contributed by atoms with van der Waals surface area (Å²) in [5.74, 6) is 0.336. The Labute approximate surface area is 177 Å². The third-order valence-corrected chi connectivity index (χ3v) is 8.16. The van der Waals surface area contributed by atoms with Gasteiger partial charge in [0.05, 0.1) is 17.6 Å². The second-order valence-electron chi connectivity index (χ2n) is 9.19. The Bertz CT molecular complexity index is 1210. The number of nitriles is 2. The van der Waals surface area contributed by atoms with E-state index in [9.17, 15) is 10.5 Å². The van der Waals surface area contributed by atoms with Crippen molar-refractivity contribution in [1.29, 1.82) is 10.5 Å². The predicted octanol–water partition coefficient (Wildman–Crippen LogP) is 6.19. The van der Waals surface area contributed by atoms with Crippen molar-refractivity contribution in [1.82, 2.24) is 0 Å². The van der Waals surface area contributed by atoms with E-state index in [1.807, 2.05) is 12.1 Å². The lowest BCUT2D eigenvalue weighted by Gasteiger charge is -2.65. The monoisotopic (exact) mass is 386 g/mol. The molecule has 1 unspecified atom stereocenters. The van der Waals surface area contributed by atoms with Crippen LogP contribution >= 0.6 is 0 Å². The van der Waals surface area contributed by atoms with E-state index in [4.69, 9.17) is 0 Å². The van der Waals surface area contributed by atoms with Crippen LogP contribution in [0.2, 0.25) is 0 Å². The standard InChI is InChI=1S/C28H22N2/c29-18-26-14-15-27(19-30)23(20-8-3-1-4-9-20)16-22-12-7-13-28(26,25(22)27)24(17-26)21-10-5-2-6-11-21/h1-11,13-15,23-24H,12,16-17H2/t23-,24?,26+,27-,28+/m0/s1. The molecular formula is C28H22N2. The second kappa shape index (κ2) is 5.84. The fourth-order valence-electron chi connectivity index (χ4n) is 6.92. The van der Waals surface area contributed by atoms with Gasteiger partial charge in [0.1, 0.15) is 5.41 Å². The Morgan fingerprint density at radius 1 is 0.767 bits per heavy atom. The average molecular weight is 386 g/mol. The van der Waals surface area contributed by atoms with E-state index in [1.54, 1.807) is 0 Å². The molecule has 0 N–H and O–H groups in total. The summed E-state index contributed by atoms with van der Waals surface area (Å²) in [6.07, 6.45) is 11.3. The summed E-state index contributed by atoms with van der Waals surface area (Å²) in [4.78, 5) is 0. The smallest absolute Gasteiger partial charge is 0.105 e. The highest BCUT2D eigenvalue weighted by Crippen LogP contribution is 2.79. The van der Waals surface area contributed by atoms with E-state index < -0.39 is 16.2 Å². The first-order chi connectivity index (χ1) is 14.7. The SMILES string of the molecule is N#C[C@]12C=C[C@]3(C#N)CC(c4ccccc4)[C@@]34C=CCC(=C14)C[C@H]2c1ccccc1. The highest BCUT2D eigenvalue weighted by Gasteiger charge is 2.73. The van der Waals surface area contributed by atoms with Gasteiger partial charge in [0.25, 0.3) is 0 Å². The molecule has 6 rings (SSSR count). The van der Waals surface area contributed by atoms with Gasteiger partial charge < -0.3 is 0 Å². The topological polar surface area (TPSA) is 47.6 Å². The number of benzene rings is 2. The summed E-state index contributed by atoms with van der Waals surface area (Å²) in [6, 6.07) is 26.5. The van der Waals surface area contributed by atoms with Crippen LogP contribution in [-0.4, -0.2) is 0 Å². The third-order valence-electron chi connectivity index (χ3n) is 8.16. The molecule has 2 aromatic rings. The third kappa shape index (κ3) is 1.83. The van der Waals surface area contributed by atoms with Gasteiger partial charge in [0.15, 0.2) is 0 Å². The maximum Gasteiger partial charge on any atom is 0.105 e. The molecule has 0 bridgehead atoms. The van der Waals surface area contributed by atoms with Crippen LogP contribution in [0.3, 0.4) is 0 Å². The Kier molecular flexibility index (Phi) is 3.40.